The van der Waals surface area contributed by atoms with Crippen LogP contribution >= 0.6 is 15.9 Å². The molecule has 1 N–H and O–H groups in total. The number of hydrogen-bond acceptors (Lipinski definition) is 3. The summed E-state index contributed by atoms with van der Waals surface area (Å²) in [5, 5.41) is 9.44. The van der Waals surface area contributed by atoms with Gasteiger partial charge in [-0.1, -0.05) is 0 Å². The molecule has 0 aliphatic rings. The third-order valence-corrected chi connectivity index (χ3v) is 2.73. The van der Waals surface area contributed by atoms with E-state index >= 15 is 0 Å². The number of nitrogens with zero attached hydrogens (tertiary/aromatic N) is 1. The Morgan fingerprint density at radius 3 is 2.50 bits per heavy atom. The highest BCUT2D eigenvalue weighted by molar-refractivity contribution is 9.10. The van der Waals surface area contributed by atoms with Gasteiger partial charge in [0.15, 0.2) is 0 Å². The number of halogens is 4. The molecule has 1 heterocycles. The first-order valence-electron chi connectivity index (χ1n) is 5.17. The normalized spacial score (nSPS) is 12.6. The van der Waals surface area contributed by atoms with E-state index in [0.29, 0.717) is 6.42 Å². The van der Waals surface area contributed by atoms with Gasteiger partial charge in [-0.05, 0) is 29.8 Å². The number of ether oxygens (including phenoxy) is 1. The van der Waals surface area contributed by atoms with Crippen LogP contribution in [0.2, 0.25) is 0 Å². The molecule has 0 amide bonds. The maximum Gasteiger partial charge on any atom is 0.417 e. The lowest BCUT2D eigenvalue weighted by Crippen LogP contribution is -2.22. The number of pyridine rings is 1. The summed E-state index contributed by atoms with van der Waals surface area (Å²) in [5.41, 5.74) is -1.77. The number of rotatable bonds is 4. The molecular formula is C11H13BrF3NO2. The average Bonchev–Trinajstić information content (AvgIpc) is 2.17. The smallest absolute Gasteiger partial charge is 0.417 e. The van der Waals surface area contributed by atoms with Gasteiger partial charge >= 0.3 is 6.18 Å². The Hall–Kier alpha value is -0.820. The SMILES string of the molecule is CC(C)(O)CCOc1cc(C(F)(F)F)c(Br)cn1. The topological polar surface area (TPSA) is 42.4 Å². The summed E-state index contributed by atoms with van der Waals surface area (Å²) in [5.74, 6) is -0.116. The minimum atomic E-state index is -4.46. The molecule has 18 heavy (non-hydrogen) atoms. The van der Waals surface area contributed by atoms with Crippen LogP contribution in [0.25, 0.3) is 0 Å². The number of hydrogen-bond donors (Lipinski definition) is 1. The van der Waals surface area contributed by atoms with Gasteiger partial charge in [-0.3, -0.25) is 0 Å². The second kappa shape index (κ2) is 5.44. The fourth-order valence-electron chi connectivity index (χ4n) is 1.12. The van der Waals surface area contributed by atoms with Crippen molar-refractivity contribution >= 4 is 15.9 Å². The molecule has 1 aromatic heterocycles. The maximum absolute atomic E-state index is 12.6. The molecule has 0 atom stereocenters. The first-order valence-corrected chi connectivity index (χ1v) is 5.97. The summed E-state index contributed by atoms with van der Waals surface area (Å²) < 4.78 is 42.7. The molecule has 3 nitrogen and oxygen atoms in total. The molecule has 1 rings (SSSR count). The van der Waals surface area contributed by atoms with Crippen molar-refractivity contribution in [3.05, 3.63) is 22.3 Å². The van der Waals surface area contributed by atoms with E-state index in [1.165, 1.54) is 0 Å². The Morgan fingerprint density at radius 2 is 2.00 bits per heavy atom. The van der Waals surface area contributed by atoms with Crippen LogP contribution in [0.5, 0.6) is 5.88 Å². The van der Waals surface area contributed by atoms with E-state index in [1.807, 2.05) is 0 Å². The van der Waals surface area contributed by atoms with Crippen molar-refractivity contribution < 1.29 is 23.0 Å². The van der Waals surface area contributed by atoms with Crippen molar-refractivity contribution in [3.63, 3.8) is 0 Å². The van der Waals surface area contributed by atoms with Crippen molar-refractivity contribution in [2.75, 3.05) is 6.61 Å². The lowest BCUT2D eigenvalue weighted by Gasteiger charge is -2.17. The van der Waals surface area contributed by atoms with E-state index in [1.54, 1.807) is 13.8 Å². The van der Waals surface area contributed by atoms with Gasteiger partial charge in [-0.2, -0.15) is 13.2 Å². The van der Waals surface area contributed by atoms with Crippen LogP contribution in [0, 0.1) is 0 Å². The van der Waals surface area contributed by atoms with E-state index in [9.17, 15) is 18.3 Å². The lowest BCUT2D eigenvalue weighted by molar-refractivity contribution is -0.138. The predicted molar refractivity (Wildman–Crippen MR) is 63.3 cm³/mol. The van der Waals surface area contributed by atoms with Crippen LogP contribution in [0.3, 0.4) is 0 Å². The molecule has 0 bridgehead atoms. The van der Waals surface area contributed by atoms with Gasteiger partial charge in [0.05, 0.1) is 17.8 Å². The zero-order valence-electron chi connectivity index (χ0n) is 9.88. The second-order valence-electron chi connectivity index (χ2n) is 4.41. The molecule has 7 heteroatoms. The van der Waals surface area contributed by atoms with Crippen molar-refractivity contribution in [2.45, 2.75) is 32.0 Å². The first-order chi connectivity index (χ1) is 8.09. The molecule has 0 saturated carbocycles. The van der Waals surface area contributed by atoms with Crippen molar-refractivity contribution in [1.82, 2.24) is 4.98 Å². The molecule has 1 aromatic rings. The Bertz CT molecular complexity index is 416. The van der Waals surface area contributed by atoms with Gasteiger partial charge in [0, 0.05) is 23.2 Å². The highest BCUT2D eigenvalue weighted by Gasteiger charge is 2.33. The zero-order valence-corrected chi connectivity index (χ0v) is 11.5. The van der Waals surface area contributed by atoms with E-state index in [4.69, 9.17) is 4.74 Å². The van der Waals surface area contributed by atoms with Crippen LogP contribution in [-0.4, -0.2) is 22.3 Å². The monoisotopic (exact) mass is 327 g/mol. The molecule has 102 valence electrons. The van der Waals surface area contributed by atoms with Gasteiger partial charge in [-0.15, -0.1) is 0 Å². The fraction of sp³-hybridized carbons (Fsp3) is 0.545. The quantitative estimate of drug-likeness (QED) is 0.921. The minimum Gasteiger partial charge on any atom is -0.478 e. The third kappa shape index (κ3) is 4.81. The largest absolute Gasteiger partial charge is 0.478 e. The fourth-order valence-corrected chi connectivity index (χ4v) is 1.56. The number of alkyl halides is 3. The Balaban J connectivity index is 2.74. The summed E-state index contributed by atoms with van der Waals surface area (Å²) in [6, 6.07) is 0.828. The van der Waals surface area contributed by atoms with E-state index in [-0.39, 0.29) is 17.0 Å². The first kappa shape index (κ1) is 15.2. The summed E-state index contributed by atoms with van der Waals surface area (Å²) in [7, 11) is 0. The molecule has 0 spiro atoms. The number of aromatic nitrogens is 1. The molecule has 0 unspecified atom stereocenters. The third-order valence-electron chi connectivity index (χ3n) is 2.10. The molecule has 0 aromatic carbocycles. The van der Waals surface area contributed by atoms with Gasteiger partial charge < -0.3 is 9.84 Å². The summed E-state index contributed by atoms with van der Waals surface area (Å²) >= 11 is 2.79. The average molecular weight is 328 g/mol. The van der Waals surface area contributed by atoms with Gasteiger partial charge in [-0.25, -0.2) is 4.98 Å². The van der Waals surface area contributed by atoms with Gasteiger partial charge in [0.1, 0.15) is 0 Å². The zero-order chi connectivity index (χ0) is 14.0. The highest BCUT2D eigenvalue weighted by atomic mass is 79.9. The molecule has 0 saturated heterocycles. The lowest BCUT2D eigenvalue weighted by atomic mass is 10.1. The maximum atomic E-state index is 12.6. The predicted octanol–water partition coefficient (Wildman–Crippen LogP) is 3.40. The van der Waals surface area contributed by atoms with E-state index in [2.05, 4.69) is 20.9 Å². The van der Waals surface area contributed by atoms with Crippen molar-refractivity contribution in [2.24, 2.45) is 0 Å². The molecule has 0 fully saturated rings. The Morgan fingerprint density at radius 1 is 1.39 bits per heavy atom. The van der Waals surface area contributed by atoms with Gasteiger partial charge in [0.25, 0.3) is 0 Å². The minimum absolute atomic E-state index is 0.0927. The molecule has 0 aliphatic heterocycles. The van der Waals surface area contributed by atoms with E-state index < -0.39 is 17.3 Å². The second-order valence-corrected chi connectivity index (χ2v) is 5.27. The summed E-state index contributed by atoms with van der Waals surface area (Å²) in [6.07, 6.45) is -3.12. The number of aliphatic hydroxyl groups is 1. The highest BCUT2D eigenvalue weighted by Crippen LogP contribution is 2.35. The van der Waals surface area contributed by atoms with Crippen molar-refractivity contribution in [1.29, 1.82) is 0 Å². The molecule has 0 aliphatic carbocycles. The Kier molecular flexibility index (Phi) is 4.61. The van der Waals surface area contributed by atoms with Crippen LogP contribution in [-0.2, 0) is 6.18 Å². The van der Waals surface area contributed by atoms with Crippen LogP contribution in [0.1, 0.15) is 25.8 Å². The summed E-state index contributed by atoms with van der Waals surface area (Å²) in [4.78, 5) is 3.72. The molecular weight excluding hydrogens is 315 g/mol. The summed E-state index contributed by atoms with van der Waals surface area (Å²) in [6.45, 7) is 3.27. The standard InChI is InChI=1S/C11H13BrF3NO2/c1-10(2,17)3-4-18-9-5-7(11(13,14)15)8(12)6-16-9/h5-6,17H,3-4H2,1-2H3. The van der Waals surface area contributed by atoms with Crippen LogP contribution < -0.4 is 4.74 Å². The van der Waals surface area contributed by atoms with Crippen molar-refractivity contribution in [3.8, 4) is 5.88 Å². The van der Waals surface area contributed by atoms with Crippen LogP contribution in [0.4, 0.5) is 13.2 Å². The van der Waals surface area contributed by atoms with Gasteiger partial charge in [0.2, 0.25) is 5.88 Å². The Labute approximate surface area is 111 Å². The van der Waals surface area contributed by atoms with E-state index in [0.717, 1.165) is 12.3 Å². The molecule has 0 radical (unpaired) electrons. The van der Waals surface area contributed by atoms with Crippen LogP contribution in [0.15, 0.2) is 16.7 Å².